The summed E-state index contributed by atoms with van der Waals surface area (Å²) >= 11 is 0. The lowest BCUT2D eigenvalue weighted by Crippen LogP contribution is -2.38. The number of hydrogen-bond donors (Lipinski definition) is 1. The lowest BCUT2D eigenvalue weighted by atomic mass is 10.3. The van der Waals surface area contributed by atoms with Crippen molar-refractivity contribution in [3.63, 3.8) is 0 Å². The number of carbonyl (C=O) groups is 1. The van der Waals surface area contributed by atoms with Crippen LogP contribution in [0.25, 0.3) is 0 Å². The molecule has 0 aliphatic carbocycles. The molecule has 84 valence electrons. The van der Waals surface area contributed by atoms with E-state index in [1.165, 1.54) is 4.90 Å². The molecule has 0 bridgehead atoms. The first-order valence-corrected chi connectivity index (χ1v) is 4.85. The number of amides is 1. The first-order valence-electron chi connectivity index (χ1n) is 4.85. The maximum absolute atomic E-state index is 11.1. The van der Waals surface area contributed by atoms with Crippen molar-refractivity contribution < 1.29 is 14.6 Å². The molecule has 0 fully saturated rings. The van der Waals surface area contributed by atoms with Crippen LogP contribution in [0.15, 0.2) is 42.8 Å². The third-order valence-electron chi connectivity index (χ3n) is 2.23. The second-order valence-corrected chi connectivity index (χ2v) is 3.36. The van der Waals surface area contributed by atoms with Crippen LogP contribution in [0.4, 0.5) is 10.5 Å². The van der Waals surface area contributed by atoms with Gasteiger partial charge in [0.05, 0.1) is 0 Å². The molecule has 0 saturated heterocycles. The fourth-order valence-corrected chi connectivity index (χ4v) is 1.44. The fraction of sp³-hybridized carbons (Fsp3) is 0.182. The molecule has 1 N–H and O–H groups in total. The average Bonchev–Trinajstić information content (AvgIpc) is 2.79. The molecule has 0 unspecified atom stereocenters. The molecule has 0 saturated carbocycles. The Morgan fingerprint density at radius 2 is 2.19 bits per heavy atom. The van der Waals surface area contributed by atoms with Gasteiger partial charge in [0.15, 0.2) is 6.73 Å². The number of hydrogen-bond acceptors (Lipinski definition) is 3. The summed E-state index contributed by atoms with van der Waals surface area (Å²) in [6, 6.07) is 8.98. The summed E-state index contributed by atoms with van der Waals surface area (Å²) < 4.78 is 5.00. The maximum atomic E-state index is 11.1. The highest BCUT2D eigenvalue weighted by Gasteiger charge is 2.17. The predicted octanol–water partition coefficient (Wildman–Crippen LogP) is 1.89. The van der Waals surface area contributed by atoms with Gasteiger partial charge < -0.3 is 14.7 Å². The second-order valence-electron chi connectivity index (χ2n) is 3.36. The van der Waals surface area contributed by atoms with Crippen molar-refractivity contribution in [2.45, 2.75) is 0 Å². The van der Waals surface area contributed by atoms with Crippen LogP contribution in [0.1, 0.15) is 0 Å². The Balaban J connectivity index is 2.11. The standard InChI is InChI=1S/C11H12N2O3/c14-11(15)13(8-12-6-7-16-9-12)10-4-2-1-3-5-10/h1-7H,8-9H2,(H,14,15). The van der Waals surface area contributed by atoms with Crippen molar-refractivity contribution in [2.75, 3.05) is 18.3 Å². The summed E-state index contributed by atoms with van der Waals surface area (Å²) in [7, 11) is 0. The summed E-state index contributed by atoms with van der Waals surface area (Å²) in [4.78, 5) is 14.1. The van der Waals surface area contributed by atoms with Gasteiger partial charge in [-0.15, -0.1) is 0 Å². The molecule has 1 aliphatic rings. The van der Waals surface area contributed by atoms with Gasteiger partial charge in [0.25, 0.3) is 0 Å². The Labute approximate surface area is 93.1 Å². The van der Waals surface area contributed by atoms with Crippen LogP contribution in [0, 0.1) is 0 Å². The van der Waals surface area contributed by atoms with E-state index in [4.69, 9.17) is 9.84 Å². The minimum Gasteiger partial charge on any atom is -0.479 e. The van der Waals surface area contributed by atoms with Gasteiger partial charge in [-0.05, 0) is 12.1 Å². The van der Waals surface area contributed by atoms with Crippen LogP contribution in [0.5, 0.6) is 0 Å². The smallest absolute Gasteiger partial charge is 0.413 e. The summed E-state index contributed by atoms with van der Waals surface area (Å²) in [5.41, 5.74) is 0.648. The molecule has 0 spiro atoms. The van der Waals surface area contributed by atoms with Crippen LogP contribution in [-0.4, -0.2) is 29.5 Å². The Bertz CT molecular complexity index is 391. The normalized spacial score (nSPS) is 13.6. The Morgan fingerprint density at radius 1 is 1.44 bits per heavy atom. The van der Waals surface area contributed by atoms with E-state index in [9.17, 15) is 4.79 Å². The molecule has 0 aromatic heterocycles. The third-order valence-corrected chi connectivity index (χ3v) is 2.23. The number of anilines is 1. The van der Waals surface area contributed by atoms with Crippen LogP contribution in [-0.2, 0) is 4.74 Å². The van der Waals surface area contributed by atoms with E-state index in [0.717, 1.165) is 0 Å². The zero-order valence-electron chi connectivity index (χ0n) is 8.61. The molecule has 1 aliphatic heterocycles. The van der Waals surface area contributed by atoms with Crippen molar-refractivity contribution in [3.8, 4) is 0 Å². The predicted molar refractivity (Wildman–Crippen MR) is 58.7 cm³/mol. The van der Waals surface area contributed by atoms with E-state index >= 15 is 0 Å². The molecule has 0 atom stereocenters. The van der Waals surface area contributed by atoms with Crippen molar-refractivity contribution in [2.24, 2.45) is 0 Å². The summed E-state index contributed by atoms with van der Waals surface area (Å²) in [6.07, 6.45) is 2.29. The van der Waals surface area contributed by atoms with Gasteiger partial charge in [-0.3, -0.25) is 4.90 Å². The number of rotatable bonds is 3. The molecule has 16 heavy (non-hydrogen) atoms. The highest BCUT2D eigenvalue weighted by atomic mass is 16.5. The Kier molecular flexibility index (Phi) is 2.95. The van der Waals surface area contributed by atoms with Gasteiger partial charge in [-0.2, -0.15) is 0 Å². The number of para-hydroxylation sites is 1. The molecule has 5 nitrogen and oxygen atoms in total. The molecular formula is C11H12N2O3. The number of carboxylic acid groups (broad SMARTS) is 1. The Morgan fingerprint density at radius 3 is 2.75 bits per heavy atom. The van der Waals surface area contributed by atoms with Crippen molar-refractivity contribution in [3.05, 3.63) is 42.8 Å². The van der Waals surface area contributed by atoms with Crippen molar-refractivity contribution >= 4 is 11.8 Å². The second kappa shape index (κ2) is 4.57. The maximum Gasteiger partial charge on any atom is 0.413 e. The van der Waals surface area contributed by atoms with Crippen LogP contribution < -0.4 is 4.90 Å². The minimum atomic E-state index is -0.980. The molecule has 5 heteroatoms. The van der Waals surface area contributed by atoms with E-state index in [2.05, 4.69) is 0 Å². The molecular weight excluding hydrogens is 208 g/mol. The Hall–Kier alpha value is -2.17. The molecule has 1 heterocycles. The highest BCUT2D eigenvalue weighted by Crippen LogP contribution is 2.15. The van der Waals surface area contributed by atoms with E-state index in [-0.39, 0.29) is 6.67 Å². The van der Waals surface area contributed by atoms with Gasteiger partial charge in [0, 0.05) is 11.9 Å². The summed E-state index contributed by atoms with van der Waals surface area (Å²) in [5, 5.41) is 9.12. The number of benzene rings is 1. The van der Waals surface area contributed by atoms with Crippen LogP contribution in [0.3, 0.4) is 0 Å². The summed E-state index contributed by atoms with van der Waals surface area (Å²) in [5.74, 6) is 0. The zero-order chi connectivity index (χ0) is 11.4. The topological polar surface area (TPSA) is 53.0 Å². The lowest BCUT2D eigenvalue weighted by molar-refractivity contribution is 0.163. The van der Waals surface area contributed by atoms with Crippen molar-refractivity contribution in [1.29, 1.82) is 0 Å². The monoisotopic (exact) mass is 220 g/mol. The summed E-state index contributed by atoms with van der Waals surface area (Å²) in [6.45, 7) is 0.645. The zero-order valence-corrected chi connectivity index (χ0v) is 8.61. The van der Waals surface area contributed by atoms with Gasteiger partial charge in [0.2, 0.25) is 0 Å². The van der Waals surface area contributed by atoms with Gasteiger partial charge in [-0.25, -0.2) is 4.79 Å². The quantitative estimate of drug-likeness (QED) is 0.845. The third kappa shape index (κ3) is 2.25. The molecule has 1 aromatic rings. The molecule has 1 aromatic carbocycles. The number of nitrogens with zero attached hydrogens (tertiary/aromatic N) is 2. The fourth-order valence-electron chi connectivity index (χ4n) is 1.44. The first kappa shape index (κ1) is 10.4. The highest BCUT2D eigenvalue weighted by molar-refractivity contribution is 5.85. The SMILES string of the molecule is O=C(O)N(CN1C=COC1)c1ccccc1. The molecule has 0 radical (unpaired) electrons. The van der Waals surface area contributed by atoms with Gasteiger partial charge in [0.1, 0.15) is 12.9 Å². The minimum absolute atomic E-state index is 0.260. The molecule has 2 rings (SSSR count). The largest absolute Gasteiger partial charge is 0.479 e. The van der Waals surface area contributed by atoms with E-state index in [1.54, 1.807) is 29.5 Å². The van der Waals surface area contributed by atoms with Crippen molar-refractivity contribution in [1.82, 2.24) is 4.90 Å². The van der Waals surface area contributed by atoms with Crippen LogP contribution >= 0.6 is 0 Å². The lowest BCUT2D eigenvalue weighted by Gasteiger charge is -2.24. The van der Waals surface area contributed by atoms with E-state index in [1.807, 2.05) is 18.2 Å². The van der Waals surface area contributed by atoms with E-state index < -0.39 is 6.09 Å². The van der Waals surface area contributed by atoms with E-state index in [0.29, 0.717) is 12.4 Å². The first-order chi connectivity index (χ1) is 7.77. The van der Waals surface area contributed by atoms with Crippen LogP contribution in [0.2, 0.25) is 0 Å². The molecule has 1 amide bonds. The average molecular weight is 220 g/mol. The van der Waals surface area contributed by atoms with Gasteiger partial charge >= 0.3 is 6.09 Å². The van der Waals surface area contributed by atoms with Gasteiger partial charge in [-0.1, -0.05) is 18.2 Å². The number of ether oxygens (including phenoxy) is 1.